The average molecular weight is 452 g/mol. The molecule has 5 rings (SSSR count). The molecule has 0 bridgehead atoms. The Morgan fingerprint density at radius 3 is 2.64 bits per heavy atom. The molecule has 1 aromatic carbocycles. The molecule has 3 aliphatic heterocycles. The largest absolute Gasteiger partial charge is 0.401 e. The fourth-order valence-corrected chi connectivity index (χ4v) is 4.89. The van der Waals surface area contributed by atoms with E-state index in [1.165, 1.54) is 9.80 Å². The van der Waals surface area contributed by atoms with Crippen molar-refractivity contribution in [2.75, 3.05) is 39.9 Å². The number of amides is 3. The Morgan fingerprint density at radius 2 is 1.88 bits per heavy atom. The zero-order valence-corrected chi connectivity index (χ0v) is 19.5. The summed E-state index contributed by atoms with van der Waals surface area (Å²) < 4.78 is 9.51. The van der Waals surface area contributed by atoms with Gasteiger partial charge in [0.05, 0.1) is 26.3 Å². The minimum absolute atomic E-state index is 0.227. The van der Waals surface area contributed by atoms with Crippen LogP contribution < -0.4 is 4.57 Å². The molecule has 4 heterocycles. The average Bonchev–Trinajstić information content (AvgIpc) is 3.32. The second-order valence-electron chi connectivity index (χ2n) is 9.00. The van der Waals surface area contributed by atoms with Crippen molar-refractivity contribution in [3.8, 4) is 0 Å². The molecule has 1 aromatic heterocycles. The molecule has 3 amide bonds. The van der Waals surface area contributed by atoms with Crippen molar-refractivity contribution >= 4 is 23.7 Å². The van der Waals surface area contributed by atoms with Gasteiger partial charge in [-0.15, -0.1) is 0 Å². The maximum Gasteiger partial charge on any atom is 0.401 e. The van der Waals surface area contributed by atoms with Gasteiger partial charge in [-0.25, -0.2) is 13.9 Å². The number of aromatic nitrogens is 2. The number of likely N-dealkylation sites (N-methyl/N-ethyl adjacent to an activating group) is 1. The number of aliphatic imine (C=N–C) groups is 1. The molecule has 2 saturated heterocycles. The number of imide groups is 1. The zero-order valence-electron chi connectivity index (χ0n) is 19.5. The van der Waals surface area contributed by atoms with Crippen molar-refractivity contribution in [3.05, 3.63) is 47.3 Å². The van der Waals surface area contributed by atoms with Crippen LogP contribution in [-0.4, -0.2) is 76.9 Å². The minimum atomic E-state index is -0.606. The van der Waals surface area contributed by atoms with Crippen LogP contribution in [0.3, 0.4) is 0 Å². The van der Waals surface area contributed by atoms with Crippen molar-refractivity contribution in [1.29, 1.82) is 0 Å². The molecular formula is C24H31N6O3+. The summed E-state index contributed by atoms with van der Waals surface area (Å²) in [6.07, 6.45) is 2.97. The Morgan fingerprint density at radius 1 is 1.12 bits per heavy atom. The van der Waals surface area contributed by atoms with Gasteiger partial charge in [0.1, 0.15) is 11.9 Å². The monoisotopic (exact) mass is 451 g/mol. The number of fused-ring (bicyclic) bond motifs is 3. The van der Waals surface area contributed by atoms with Crippen LogP contribution in [0.1, 0.15) is 29.3 Å². The maximum atomic E-state index is 13.5. The smallest absolute Gasteiger partial charge is 0.379 e. The third-order valence-electron chi connectivity index (χ3n) is 6.87. The number of morpholine rings is 1. The number of imidazole rings is 1. The molecule has 9 nitrogen and oxygen atoms in total. The van der Waals surface area contributed by atoms with E-state index >= 15 is 0 Å². The van der Waals surface area contributed by atoms with Crippen LogP contribution in [0.4, 0.5) is 10.7 Å². The lowest BCUT2D eigenvalue weighted by molar-refractivity contribution is -0.677. The van der Waals surface area contributed by atoms with E-state index in [0.29, 0.717) is 5.84 Å². The summed E-state index contributed by atoms with van der Waals surface area (Å²) in [6, 6.07) is 6.90. The number of nitrogens with zero attached hydrogens (tertiary/aromatic N) is 6. The Kier molecular flexibility index (Phi) is 5.76. The molecule has 9 heteroatoms. The number of ether oxygens (including phenoxy) is 1. The first kappa shape index (κ1) is 21.8. The van der Waals surface area contributed by atoms with Crippen LogP contribution >= 0.6 is 0 Å². The summed E-state index contributed by atoms with van der Waals surface area (Å²) in [4.78, 5) is 36.7. The van der Waals surface area contributed by atoms with E-state index in [1.54, 1.807) is 7.05 Å². The lowest BCUT2D eigenvalue weighted by atomic mass is 10.1. The Labute approximate surface area is 193 Å². The zero-order chi connectivity index (χ0) is 23.1. The van der Waals surface area contributed by atoms with Crippen molar-refractivity contribution < 1.29 is 18.9 Å². The third-order valence-corrected chi connectivity index (χ3v) is 6.87. The van der Waals surface area contributed by atoms with Gasteiger partial charge in [-0.2, -0.15) is 0 Å². The number of carbonyl (C=O) groups is 2. The molecule has 0 saturated carbocycles. The standard InChI is InChI=1S/C24H31N6O3/c1-17-7-4-5-8-19(17)16-30-22(31)20-21(26(3)24(30)32)25-23-28(18(2)15-29(20)23)10-6-9-27-11-13-33-14-12-27/h4-5,7-8,15,20H,6,9-14,16H2,1-3H3/q+1. The molecule has 0 radical (unpaired) electrons. The fraction of sp³-hybridized carbons (Fsp3) is 0.500. The Hall–Kier alpha value is -3.04. The highest BCUT2D eigenvalue weighted by Gasteiger charge is 2.53. The van der Waals surface area contributed by atoms with Crippen LogP contribution in [0.2, 0.25) is 0 Å². The van der Waals surface area contributed by atoms with Gasteiger partial charge < -0.3 is 4.74 Å². The third kappa shape index (κ3) is 3.85. The summed E-state index contributed by atoms with van der Waals surface area (Å²) in [5.74, 6) is 1.01. The van der Waals surface area contributed by atoms with Gasteiger partial charge in [0.15, 0.2) is 0 Å². The lowest BCUT2D eigenvalue weighted by Crippen LogP contribution is -2.62. The molecule has 174 valence electrons. The fourth-order valence-electron chi connectivity index (χ4n) is 4.89. The molecule has 1 unspecified atom stereocenters. The number of urea groups is 1. The first-order valence-corrected chi connectivity index (χ1v) is 11.6. The second-order valence-corrected chi connectivity index (χ2v) is 9.00. The van der Waals surface area contributed by atoms with Crippen LogP contribution in [-0.2, 0) is 22.6 Å². The molecule has 2 fully saturated rings. The predicted molar refractivity (Wildman–Crippen MR) is 122 cm³/mol. The summed E-state index contributed by atoms with van der Waals surface area (Å²) in [7, 11) is 1.70. The number of rotatable bonds is 6. The molecule has 0 N–H and O–H groups in total. The lowest BCUT2D eigenvalue weighted by Gasteiger charge is -2.33. The normalized spacial score (nSPS) is 20.8. The number of hydrogen-bond donors (Lipinski definition) is 0. The number of amidine groups is 1. The van der Waals surface area contributed by atoms with E-state index in [9.17, 15) is 9.59 Å². The van der Waals surface area contributed by atoms with E-state index in [2.05, 4.69) is 9.47 Å². The summed E-state index contributed by atoms with van der Waals surface area (Å²) in [5, 5.41) is 0. The summed E-state index contributed by atoms with van der Waals surface area (Å²) >= 11 is 0. The van der Waals surface area contributed by atoms with Gasteiger partial charge in [-0.1, -0.05) is 29.3 Å². The van der Waals surface area contributed by atoms with Gasteiger partial charge in [-0.05, 0) is 31.4 Å². The highest BCUT2D eigenvalue weighted by Crippen LogP contribution is 2.30. The van der Waals surface area contributed by atoms with Gasteiger partial charge in [0.2, 0.25) is 11.9 Å². The van der Waals surface area contributed by atoms with Crippen LogP contribution in [0.15, 0.2) is 35.5 Å². The second kappa shape index (κ2) is 8.72. The molecule has 33 heavy (non-hydrogen) atoms. The molecule has 0 spiro atoms. The molecule has 1 atom stereocenters. The number of aryl methyl sites for hydroxylation is 2. The predicted octanol–water partition coefficient (Wildman–Crippen LogP) is 1.79. The molecule has 0 aliphatic carbocycles. The maximum absolute atomic E-state index is 13.5. The highest BCUT2D eigenvalue weighted by molar-refractivity contribution is 6.19. The molecule has 3 aliphatic rings. The number of carbonyl (C=O) groups excluding carboxylic acids is 2. The SMILES string of the molecule is Cc1ccccc1CN1C(=O)C2C(=Nc3n(CCCN4CCOCC4)c(C)c[n+]32)N(C)C1=O. The van der Waals surface area contributed by atoms with E-state index in [1.807, 2.05) is 48.9 Å². The molecule has 2 aromatic rings. The van der Waals surface area contributed by atoms with Crippen molar-refractivity contribution in [2.24, 2.45) is 4.99 Å². The van der Waals surface area contributed by atoms with Crippen molar-refractivity contribution in [1.82, 2.24) is 19.3 Å². The van der Waals surface area contributed by atoms with Gasteiger partial charge >= 0.3 is 12.0 Å². The Balaban J connectivity index is 1.37. The van der Waals surface area contributed by atoms with Gasteiger partial charge in [-0.3, -0.25) is 19.5 Å². The van der Waals surface area contributed by atoms with Crippen LogP contribution in [0, 0.1) is 13.8 Å². The quantitative estimate of drug-likeness (QED) is 0.628. The number of benzene rings is 1. The first-order chi connectivity index (χ1) is 16.0. The van der Waals surface area contributed by atoms with E-state index in [0.717, 1.165) is 68.6 Å². The van der Waals surface area contributed by atoms with Gasteiger partial charge in [0.25, 0.3) is 5.91 Å². The molecular weight excluding hydrogens is 420 g/mol. The van der Waals surface area contributed by atoms with E-state index in [-0.39, 0.29) is 18.5 Å². The summed E-state index contributed by atoms with van der Waals surface area (Å²) in [6.45, 7) is 9.65. The van der Waals surface area contributed by atoms with Crippen molar-refractivity contribution in [2.45, 2.75) is 39.4 Å². The Bertz CT molecular complexity index is 1120. The minimum Gasteiger partial charge on any atom is -0.379 e. The van der Waals surface area contributed by atoms with Crippen LogP contribution in [0.25, 0.3) is 0 Å². The van der Waals surface area contributed by atoms with Gasteiger partial charge in [0, 0.05) is 26.7 Å². The van der Waals surface area contributed by atoms with Crippen LogP contribution in [0.5, 0.6) is 0 Å². The number of hydrogen-bond acceptors (Lipinski definition) is 5. The van der Waals surface area contributed by atoms with Crippen molar-refractivity contribution in [3.63, 3.8) is 0 Å². The first-order valence-electron chi connectivity index (χ1n) is 11.6. The highest BCUT2D eigenvalue weighted by atomic mass is 16.5. The summed E-state index contributed by atoms with van der Waals surface area (Å²) in [5.41, 5.74) is 3.09. The van der Waals surface area contributed by atoms with E-state index < -0.39 is 6.04 Å². The topological polar surface area (TPSA) is 74.3 Å². The van der Waals surface area contributed by atoms with E-state index in [4.69, 9.17) is 9.73 Å².